The molecule has 0 aromatic heterocycles. The standard InChI is InChI=1S/C60H44/c1-59(2)54-26-12-10-21-46(54)51-35-42(29-32-55(51)59)58-49-23-8-7-22-48(49)57(50-31-28-40(34-52(50)58)44-24-14-16-37-15-5-6-19-43(37)44)41-18-13-17-38(33-41)39-27-30-47-45-20-9-11-25-53(45)60(3,4)56(47)36-39/h5-36H,1-4H3. The first-order valence-corrected chi connectivity index (χ1v) is 21.3. The van der Waals surface area contributed by atoms with Crippen LogP contribution < -0.4 is 0 Å². The van der Waals surface area contributed by atoms with Gasteiger partial charge in [0.05, 0.1) is 0 Å². The molecule has 0 bridgehead atoms. The quantitative estimate of drug-likeness (QED) is 0.157. The molecule has 0 saturated carbocycles. The highest BCUT2D eigenvalue weighted by Crippen LogP contribution is 2.53. The summed E-state index contributed by atoms with van der Waals surface area (Å²) < 4.78 is 0. The average Bonchev–Trinajstić information content (AvgIpc) is 3.66. The van der Waals surface area contributed by atoms with Crippen LogP contribution in [0.15, 0.2) is 194 Å². The second kappa shape index (κ2) is 12.7. The van der Waals surface area contributed by atoms with Crippen LogP contribution in [0.5, 0.6) is 0 Å². The Balaban J connectivity index is 1.11. The second-order valence-electron chi connectivity index (χ2n) is 18.0. The molecule has 10 aromatic carbocycles. The van der Waals surface area contributed by atoms with E-state index in [-0.39, 0.29) is 10.8 Å². The molecule has 0 nitrogen and oxygen atoms in total. The van der Waals surface area contributed by atoms with E-state index in [0.29, 0.717) is 0 Å². The van der Waals surface area contributed by atoms with Crippen molar-refractivity contribution in [3.63, 3.8) is 0 Å². The molecule has 2 aliphatic rings. The molecule has 0 radical (unpaired) electrons. The van der Waals surface area contributed by atoms with Crippen LogP contribution in [-0.4, -0.2) is 0 Å². The fraction of sp³-hybridized carbons (Fsp3) is 0.100. The van der Waals surface area contributed by atoms with Crippen molar-refractivity contribution >= 4 is 32.3 Å². The molecule has 0 heterocycles. The van der Waals surface area contributed by atoms with Crippen molar-refractivity contribution in [3.05, 3.63) is 216 Å². The summed E-state index contributed by atoms with van der Waals surface area (Å²) in [5.41, 5.74) is 20.9. The first-order valence-electron chi connectivity index (χ1n) is 21.3. The zero-order valence-electron chi connectivity index (χ0n) is 34.5. The molecule has 0 heteroatoms. The third kappa shape index (κ3) is 4.98. The van der Waals surface area contributed by atoms with Gasteiger partial charge in [0.25, 0.3) is 0 Å². The Labute approximate surface area is 352 Å². The highest BCUT2D eigenvalue weighted by atomic mass is 14.4. The summed E-state index contributed by atoms with van der Waals surface area (Å²) in [5.74, 6) is 0. The minimum absolute atomic E-state index is 0.0520. The van der Waals surface area contributed by atoms with E-state index in [1.165, 1.54) is 121 Å². The predicted octanol–water partition coefficient (Wildman–Crippen LogP) is 16.4. The maximum absolute atomic E-state index is 2.47. The van der Waals surface area contributed by atoms with Crippen molar-refractivity contribution in [2.24, 2.45) is 0 Å². The maximum atomic E-state index is 2.47. The van der Waals surface area contributed by atoms with E-state index in [9.17, 15) is 0 Å². The summed E-state index contributed by atoms with van der Waals surface area (Å²) in [6, 6.07) is 73.2. The smallest absolute Gasteiger partial charge is 0.0159 e. The van der Waals surface area contributed by atoms with E-state index in [4.69, 9.17) is 0 Å². The monoisotopic (exact) mass is 764 g/mol. The van der Waals surface area contributed by atoms with E-state index >= 15 is 0 Å². The van der Waals surface area contributed by atoms with Crippen molar-refractivity contribution in [2.75, 3.05) is 0 Å². The van der Waals surface area contributed by atoms with Gasteiger partial charge in [0, 0.05) is 10.8 Å². The second-order valence-corrected chi connectivity index (χ2v) is 18.0. The lowest BCUT2D eigenvalue weighted by Crippen LogP contribution is -2.14. The van der Waals surface area contributed by atoms with Gasteiger partial charge in [-0.1, -0.05) is 198 Å². The van der Waals surface area contributed by atoms with Crippen LogP contribution in [-0.2, 0) is 10.8 Å². The maximum Gasteiger partial charge on any atom is 0.0159 e. The summed E-state index contributed by atoms with van der Waals surface area (Å²) in [6.07, 6.45) is 0. The fourth-order valence-corrected chi connectivity index (χ4v) is 11.1. The van der Waals surface area contributed by atoms with Gasteiger partial charge in [-0.2, -0.15) is 0 Å². The molecule has 0 N–H and O–H groups in total. The average molecular weight is 765 g/mol. The summed E-state index contributed by atoms with van der Waals surface area (Å²) in [5, 5.41) is 7.58. The third-order valence-corrected chi connectivity index (χ3v) is 14.1. The van der Waals surface area contributed by atoms with E-state index in [0.717, 1.165) is 0 Å². The Hall–Kier alpha value is -7.02. The first-order chi connectivity index (χ1) is 29.3. The SMILES string of the molecule is CC1(C)c2ccccc2-c2cc(-c3c4ccccc4c(-c4cccc(-c5ccc6c(c5)C(C)(C)c5ccccc5-6)c4)c4ccc(-c5cccc6ccccc56)cc34)ccc21. The van der Waals surface area contributed by atoms with Gasteiger partial charge in [-0.25, -0.2) is 0 Å². The fourth-order valence-electron chi connectivity index (χ4n) is 11.1. The molecule has 0 saturated heterocycles. The third-order valence-electron chi connectivity index (χ3n) is 14.1. The Morgan fingerprint density at radius 1 is 0.250 bits per heavy atom. The van der Waals surface area contributed by atoms with Crippen LogP contribution in [0, 0.1) is 0 Å². The predicted molar refractivity (Wildman–Crippen MR) is 256 cm³/mol. The van der Waals surface area contributed by atoms with Crippen LogP contribution in [0.3, 0.4) is 0 Å². The van der Waals surface area contributed by atoms with E-state index in [1.54, 1.807) is 0 Å². The molecule has 0 amide bonds. The molecule has 0 spiro atoms. The Morgan fingerprint density at radius 3 is 1.52 bits per heavy atom. The number of hydrogen-bond acceptors (Lipinski definition) is 0. The minimum atomic E-state index is -0.0566. The molecule has 0 unspecified atom stereocenters. The molecule has 2 aliphatic carbocycles. The summed E-state index contributed by atoms with van der Waals surface area (Å²) in [6.45, 7) is 9.46. The zero-order valence-corrected chi connectivity index (χ0v) is 34.5. The number of fused-ring (bicyclic) bond motifs is 9. The normalized spacial score (nSPS) is 14.3. The van der Waals surface area contributed by atoms with Crippen molar-refractivity contribution in [1.82, 2.24) is 0 Å². The van der Waals surface area contributed by atoms with Gasteiger partial charge in [0.15, 0.2) is 0 Å². The molecular formula is C60H44. The Morgan fingerprint density at radius 2 is 0.733 bits per heavy atom. The number of benzene rings is 10. The van der Waals surface area contributed by atoms with Crippen LogP contribution in [0.4, 0.5) is 0 Å². The minimum Gasteiger partial charge on any atom is -0.0619 e. The van der Waals surface area contributed by atoms with E-state index < -0.39 is 0 Å². The summed E-state index contributed by atoms with van der Waals surface area (Å²) in [4.78, 5) is 0. The van der Waals surface area contributed by atoms with Gasteiger partial charge in [0.2, 0.25) is 0 Å². The van der Waals surface area contributed by atoms with Crippen LogP contribution in [0.25, 0.3) is 99.1 Å². The zero-order chi connectivity index (χ0) is 40.3. The van der Waals surface area contributed by atoms with Gasteiger partial charge in [-0.15, -0.1) is 0 Å². The van der Waals surface area contributed by atoms with Gasteiger partial charge in [-0.05, 0) is 146 Å². The Kier molecular flexibility index (Phi) is 7.42. The lowest BCUT2D eigenvalue weighted by molar-refractivity contribution is 0.660. The summed E-state index contributed by atoms with van der Waals surface area (Å²) in [7, 11) is 0. The van der Waals surface area contributed by atoms with Gasteiger partial charge in [0.1, 0.15) is 0 Å². The van der Waals surface area contributed by atoms with Crippen LogP contribution in [0.2, 0.25) is 0 Å². The van der Waals surface area contributed by atoms with E-state index in [1.807, 2.05) is 0 Å². The molecule has 12 rings (SSSR count). The number of hydrogen-bond donors (Lipinski definition) is 0. The van der Waals surface area contributed by atoms with Gasteiger partial charge >= 0.3 is 0 Å². The lowest BCUT2D eigenvalue weighted by atomic mass is 9.81. The summed E-state index contributed by atoms with van der Waals surface area (Å²) >= 11 is 0. The molecule has 60 heavy (non-hydrogen) atoms. The van der Waals surface area contributed by atoms with Crippen molar-refractivity contribution < 1.29 is 0 Å². The van der Waals surface area contributed by atoms with Crippen molar-refractivity contribution in [3.8, 4) is 66.8 Å². The largest absolute Gasteiger partial charge is 0.0619 e. The molecule has 10 aromatic rings. The lowest BCUT2D eigenvalue weighted by Gasteiger charge is -2.22. The highest BCUT2D eigenvalue weighted by Gasteiger charge is 2.36. The molecular weight excluding hydrogens is 721 g/mol. The molecule has 0 atom stereocenters. The molecule has 0 aliphatic heterocycles. The Bertz CT molecular complexity index is 3420. The molecule has 0 fully saturated rings. The first kappa shape index (κ1) is 35.0. The van der Waals surface area contributed by atoms with Crippen LogP contribution in [0.1, 0.15) is 49.9 Å². The van der Waals surface area contributed by atoms with Gasteiger partial charge < -0.3 is 0 Å². The number of rotatable bonds is 4. The van der Waals surface area contributed by atoms with E-state index in [2.05, 4.69) is 222 Å². The van der Waals surface area contributed by atoms with Gasteiger partial charge in [-0.3, -0.25) is 0 Å². The highest BCUT2D eigenvalue weighted by molar-refractivity contribution is 6.22. The van der Waals surface area contributed by atoms with Crippen molar-refractivity contribution in [1.29, 1.82) is 0 Å². The van der Waals surface area contributed by atoms with Crippen molar-refractivity contribution in [2.45, 2.75) is 38.5 Å². The van der Waals surface area contributed by atoms with Crippen LogP contribution >= 0.6 is 0 Å². The molecule has 284 valence electrons. The topological polar surface area (TPSA) is 0 Å².